The molecule has 1 atom stereocenters. The van der Waals surface area contributed by atoms with Crippen molar-refractivity contribution >= 4 is 5.96 Å². The minimum absolute atomic E-state index is 0.240. The number of hydrogen-bond donors (Lipinski definition) is 1. The third-order valence-electron chi connectivity index (χ3n) is 5.72. The van der Waals surface area contributed by atoms with Gasteiger partial charge in [-0.1, -0.05) is 19.3 Å². The SMILES string of the molecule is CC1CN(C(N)=NCC2(CN3CCOCC3)CCCCC2)CCO1. The first-order chi connectivity index (χ1) is 11.7. The average molecular weight is 338 g/mol. The Kier molecular flexibility index (Phi) is 6.36. The summed E-state index contributed by atoms with van der Waals surface area (Å²) in [5.41, 5.74) is 6.61. The van der Waals surface area contributed by atoms with E-state index in [0.717, 1.165) is 59.1 Å². The van der Waals surface area contributed by atoms with E-state index in [1.807, 2.05) is 0 Å². The van der Waals surface area contributed by atoms with E-state index in [1.54, 1.807) is 0 Å². The third-order valence-corrected chi connectivity index (χ3v) is 5.72. The lowest BCUT2D eigenvalue weighted by molar-refractivity contribution is 0.00423. The predicted molar refractivity (Wildman–Crippen MR) is 96.3 cm³/mol. The number of hydrogen-bond acceptors (Lipinski definition) is 4. The maximum absolute atomic E-state index is 6.31. The van der Waals surface area contributed by atoms with E-state index in [2.05, 4.69) is 16.7 Å². The second-order valence-electron chi connectivity index (χ2n) is 7.75. The van der Waals surface area contributed by atoms with Crippen LogP contribution in [0.15, 0.2) is 4.99 Å². The molecule has 6 heteroatoms. The summed E-state index contributed by atoms with van der Waals surface area (Å²) in [5, 5.41) is 0. The molecule has 24 heavy (non-hydrogen) atoms. The number of ether oxygens (including phenoxy) is 2. The number of aliphatic imine (C=N–C) groups is 1. The molecule has 3 rings (SSSR count). The summed E-state index contributed by atoms with van der Waals surface area (Å²) in [4.78, 5) is 9.60. The highest BCUT2D eigenvalue weighted by molar-refractivity contribution is 5.78. The maximum Gasteiger partial charge on any atom is 0.191 e. The summed E-state index contributed by atoms with van der Waals surface area (Å²) in [6, 6.07) is 0. The van der Waals surface area contributed by atoms with Gasteiger partial charge in [-0.15, -0.1) is 0 Å². The van der Waals surface area contributed by atoms with Crippen molar-refractivity contribution in [3.63, 3.8) is 0 Å². The van der Waals surface area contributed by atoms with Gasteiger partial charge < -0.3 is 20.1 Å². The Morgan fingerprint density at radius 3 is 2.58 bits per heavy atom. The van der Waals surface area contributed by atoms with Gasteiger partial charge in [0.15, 0.2) is 5.96 Å². The van der Waals surface area contributed by atoms with Crippen molar-refractivity contribution < 1.29 is 9.47 Å². The van der Waals surface area contributed by atoms with Gasteiger partial charge in [-0.25, -0.2) is 0 Å². The molecule has 2 N–H and O–H groups in total. The van der Waals surface area contributed by atoms with Gasteiger partial charge >= 0.3 is 0 Å². The van der Waals surface area contributed by atoms with Gasteiger partial charge in [0.05, 0.1) is 25.9 Å². The highest BCUT2D eigenvalue weighted by Crippen LogP contribution is 2.37. The molecule has 2 heterocycles. The van der Waals surface area contributed by atoms with Gasteiger partial charge in [0.25, 0.3) is 0 Å². The minimum Gasteiger partial charge on any atom is -0.379 e. The first kappa shape index (κ1) is 18.0. The van der Waals surface area contributed by atoms with Crippen LogP contribution in [0, 0.1) is 5.41 Å². The van der Waals surface area contributed by atoms with E-state index >= 15 is 0 Å². The molecular formula is C18H34N4O2. The van der Waals surface area contributed by atoms with Crippen molar-refractivity contribution in [3.05, 3.63) is 0 Å². The molecular weight excluding hydrogens is 304 g/mol. The van der Waals surface area contributed by atoms with Crippen LogP contribution in [0.3, 0.4) is 0 Å². The van der Waals surface area contributed by atoms with Crippen LogP contribution < -0.4 is 5.73 Å². The second kappa shape index (κ2) is 8.50. The topological polar surface area (TPSA) is 63.3 Å². The van der Waals surface area contributed by atoms with Gasteiger partial charge in [0.1, 0.15) is 0 Å². The molecule has 1 saturated carbocycles. The lowest BCUT2D eigenvalue weighted by Gasteiger charge is -2.41. The summed E-state index contributed by atoms with van der Waals surface area (Å²) in [7, 11) is 0. The summed E-state index contributed by atoms with van der Waals surface area (Å²) < 4.78 is 11.1. The smallest absolute Gasteiger partial charge is 0.191 e. The van der Waals surface area contributed by atoms with E-state index in [1.165, 1.54) is 32.1 Å². The maximum atomic E-state index is 6.31. The zero-order chi connectivity index (χ0) is 16.8. The van der Waals surface area contributed by atoms with Crippen molar-refractivity contribution in [1.29, 1.82) is 0 Å². The molecule has 0 spiro atoms. The number of nitrogens with zero attached hydrogens (tertiary/aromatic N) is 3. The molecule has 3 fully saturated rings. The highest BCUT2D eigenvalue weighted by Gasteiger charge is 2.34. The van der Waals surface area contributed by atoms with Crippen LogP contribution in [-0.2, 0) is 9.47 Å². The Morgan fingerprint density at radius 2 is 1.88 bits per heavy atom. The number of nitrogens with two attached hydrogens (primary N) is 1. The fourth-order valence-corrected chi connectivity index (χ4v) is 4.28. The van der Waals surface area contributed by atoms with Crippen LogP contribution in [-0.4, -0.2) is 81.0 Å². The molecule has 0 amide bonds. The molecule has 0 aromatic heterocycles. The quantitative estimate of drug-likeness (QED) is 0.618. The Hall–Kier alpha value is -0.850. The van der Waals surface area contributed by atoms with Crippen LogP contribution in [0.5, 0.6) is 0 Å². The van der Waals surface area contributed by atoms with Crippen LogP contribution in [0.25, 0.3) is 0 Å². The van der Waals surface area contributed by atoms with Crippen molar-refractivity contribution in [2.75, 3.05) is 59.1 Å². The predicted octanol–water partition coefficient (Wildman–Crippen LogP) is 1.30. The summed E-state index contributed by atoms with van der Waals surface area (Å²) in [6.07, 6.45) is 6.82. The van der Waals surface area contributed by atoms with Crippen molar-refractivity contribution in [3.8, 4) is 0 Å². The molecule has 0 bridgehead atoms. The summed E-state index contributed by atoms with van der Waals surface area (Å²) in [6.45, 7) is 10.4. The van der Waals surface area contributed by atoms with Gasteiger partial charge in [-0.05, 0) is 19.8 Å². The lowest BCUT2D eigenvalue weighted by atomic mass is 9.73. The first-order valence-electron chi connectivity index (χ1n) is 9.63. The van der Waals surface area contributed by atoms with Gasteiger partial charge in [-0.3, -0.25) is 9.89 Å². The molecule has 2 aliphatic heterocycles. The van der Waals surface area contributed by atoms with E-state index in [0.29, 0.717) is 11.4 Å². The fraction of sp³-hybridized carbons (Fsp3) is 0.944. The van der Waals surface area contributed by atoms with Crippen molar-refractivity contribution in [2.24, 2.45) is 16.1 Å². The summed E-state index contributed by atoms with van der Waals surface area (Å²) >= 11 is 0. The Labute approximate surface area is 146 Å². The van der Waals surface area contributed by atoms with E-state index in [9.17, 15) is 0 Å². The van der Waals surface area contributed by atoms with E-state index in [-0.39, 0.29) is 6.10 Å². The fourth-order valence-electron chi connectivity index (χ4n) is 4.28. The first-order valence-corrected chi connectivity index (χ1v) is 9.63. The Balaban J connectivity index is 1.61. The average Bonchev–Trinajstić information content (AvgIpc) is 2.61. The molecule has 2 saturated heterocycles. The van der Waals surface area contributed by atoms with Crippen LogP contribution >= 0.6 is 0 Å². The molecule has 6 nitrogen and oxygen atoms in total. The van der Waals surface area contributed by atoms with Gasteiger partial charge in [0, 0.05) is 44.7 Å². The number of rotatable bonds is 4. The standard InChI is InChI=1S/C18H34N4O2/c1-16-13-22(9-12-24-16)17(19)20-14-18(5-3-2-4-6-18)15-21-7-10-23-11-8-21/h16H,2-15H2,1H3,(H2,19,20). The second-order valence-corrected chi connectivity index (χ2v) is 7.75. The van der Waals surface area contributed by atoms with Crippen LogP contribution in [0.4, 0.5) is 0 Å². The molecule has 0 aromatic carbocycles. The van der Waals surface area contributed by atoms with Crippen molar-refractivity contribution in [2.45, 2.75) is 45.1 Å². The minimum atomic E-state index is 0.240. The van der Waals surface area contributed by atoms with Gasteiger partial charge in [-0.2, -0.15) is 0 Å². The Morgan fingerprint density at radius 1 is 1.12 bits per heavy atom. The zero-order valence-corrected chi connectivity index (χ0v) is 15.2. The largest absolute Gasteiger partial charge is 0.379 e. The molecule has 138 valence electrons. The van der Waals surface area contributed by atoms with Crippen LogP contribution in [0.1, 0.15) is 39.0 Å². The van der Waals surface area contributed by atoms with Crippen LogP contribution in [0.2, 0.25) is 0 Å². The Bertz CT molecular complexity index is 417. The molecule has 3 aliphatic rings. The lowest BCUT2D eigenvalue weighted by Crippen LogP contribution is -2.49. The molecule has 1 aliphatic carbocycles. The molecule has 0 aromatic rings. The number of guanidine groups is 1. The van der Waals surface area contributed by atoms with E-state index < -0.39 is 0 Å². The zero-order valence-electron chi connectivity index (χ0n) is 15.2. The monoisotopic (exact) mass is 338 g/mol. The number of morpholine rings is 2. The van der Waals surface area contributed by atoms with Gasteiger partial charge in [0.2, 0.25) is 0 Å². The normalized spacial score (nSPS) is 29.6. The third kappa shape index (κ3) is 4.83. The summed E-state index contributed by atoms with van der Waals surface area (Å²) in [5.74, 6) is 0.706. The van der Waals surface area contributed by atoms with Crippen molar-refractivity contribution in [1.82, 2.24) is 9.80 Å². The molecule has 0 radical (unpaired) electrons. The highest BCUT2D eigenvalue weighted by atomic mass is 16.5. The molecule has 1 unspecified atom stereocenters. The van der Waals surface area contributed by atoms with E-state index in [4.69, 9.17) is 20.2 Å².